The van der Waals surface area contributed by atoms with Crippen LogP contribution in [-0.2, 0) is 14.3 Å². The molecular formula is C28H36N4O4. The number of allylic oxidation sites excluding steroid dienone is 1. The summed E-state index contributed by atoms with van der Waals surface area (Å²) in [6.07, 6.45) is 2.17. The summed E-state index contributed by atoms with van der Waals surface area (Å²) < 4.78 is 5.07. The minimum atomic E-state index is -0.423. The van der Waals surface area contributed by atoms with Crippen LogP contribution in [0.4, 0.5) is 17.1 Å². The second kappa shape index (κ2) is 11.4. The summed E-state index contributed by atoms with van der Waals surface area (Å²) in [6, 6.07) is 12.7. The number of nitrogens with one attached hydrogen (secondary N) is 2. The molecule has 0 fully saturated rings. The van der Waals surface area contributed by atoms with E-state index in [1.807, 2.05) is 45.0 Å². The first-order chi connectivity index (χ1) is 17.0. The van der Waals surface area contributed by atoms with Crippen molar-refractivity contribution in [3.8, 4) is 0 Å². The van der Waals surface area contributed by atoms with Crippen LogP contribution in [0.2, 0.25) is 0 Å². The fraction of sp³-hybridized carbons (Fsp3) is 0.393. The predicted molar refractivity (Wildman–Crippen MR) is 144 cm³/mol. The molecule has 1 aliphatic rings. The molecule has 8 nitrogen and oxygen atoms in total. The van der Waals surface area contributed by atoms with Gasteiger partial charge in [0.25, 0.3) is 5.91 Å². The van der Waals surface area contributed by atoms with Gasteiger partial charge in [-0.25, -0.2) is 4.79 Å². The highest BCUT2D eigenvalue weighted by Crippen LogP contribution is 2.36. The number of fused-ring (bicyclic) bond motifs is 1. The molecule has 192 valence electrons. The lowest BCUT2D eigenvalue weighted by Gasteiger charge is -2.26. The average Bonchev–Trinajstić information content (AvgIpc) is 3.14. The van der Waals surface area contributed by atoms with E-state index in [-0.39, 0.29) is 24.0 Å². The third-order valence-corrected chi connectivity index (χ3v) is 5.91. The molecule has 0 saturated heterocycles. The zero-order valence-corrected chi connectivity index (χ0v) is 21.7. The van der Waals surface area contributed by atoms with Gasteiger partial charge in [-0.2, -0.15) is 0 Å². The third kappa shape index (κ3) is 6.51. The molecule has 36 heavy (non-hydrogen) atoms. The van der Waals surface area contributed by atoms with Crippen molar-refractivity contribution in [1.29, 1.82) is 0 Å². The van der Waals surface area contributed by atoms with Gasteiger partial charge in [-0.1, -0.05) is 19.4 Å². The molecule has 3 rings (SSSR count). The van der Waals surface area contributed by atoms with Crippen LogP contribution >= 0.6 is 0 Å². The van der Waals surface area contributed by atoms with Crippen LogP contribution in [0.5, 0.6) is 0 Å². The van der Waals surface area contributed by atoms with E-state index < -0.39 is 5.97 Å². The number of benzene rings is 2. The largest absolute Gasteiger partial charge is 0.462 e. The molecule has 0 unspecified atom stereocenters. The Morgan fingerprint density at radius 3 is 2.39 bits per heavy atom. The van der Waals surface area contributed by atoms with Crippen LogP contribution < -0.4 is 21.3 Å². The summed E-state index contributed by atoms with van der Waals surface area (Å²) >= 11 is 0. The lowest BCUT2D eigenvalue weighted by atomic mass is 10.0. The fourth-order valence-electron chi connectivity index (χ4n) is 4.08. The maximum Gasteiger partial charge on any atom is 0.338 e. The molecule has 1 heterocycles. The Morgan fingerprint density at radius 1 is 1.11 bits per heavy atom. The van der Waals surface area contributed by atoms with Crippen LogP contribution in [0.1, 0.15) is 69.8 Å². The van der Waals surface area contributed by atoms with Gasteiger partial charge in [-0.15, -0.1) is 0 Å². The number of carbonyl (C=O) groups excluding carboxylic acids is 3. The summed E-state index contributed by atoms with van der Waals surface area (Å²) in [5, 5.41) is 6.28. The predicted octanol–water partition coefficient (Wildman–Crippen LogP) is 4.92. The van der Waals surface area contributed by atoms with Gasteiger partial charge in [-0.05, 0) is 70.0 Å². The van der Waals surface area contributed by atoms with Crippen molar-refractivity contribution in [1.82, 2.24) is 0 Å². The number of hydrogen-bond acceptors (Lipinski definition) is 6. The summed E-state index contributed by atoms with van der Waals surface area (Å²) in [5.41, 5.74) is 10.4. The number of nitrogens with zero attached hydrogens (tertiary/aromatic N) is 1. The topological polar surface area (TPSA) is 114 Å². The first kappa shape index (κ1) is 26.9. The highest BCUT2D eigenvalue weighted by Gasteiger charge is 2.28. The molecular weight excluding hydrogens is 456 g/mol. The zero-order valence-electron chi connectivity index (χ0n) is 21.7. The quantitative estimate of drug-likeness (QED) is 0.320. The lowest BCUT2D eigenvalue weighted by molar-refractivity contribution is -0.116. The number of hydrogen-bond donors (Lipinski definition) is 3. The number of anilines is 3. The Kier molecular flexibility index (Phi) is 8.53. The molecule has 0 spiro atoms. The Bertz CT molecular complexity index is 1160. The van der Waals surface area contributed by atoms with Gasteiger partial charge in [0, 0.05) is 41.6 Å². The molecule has 8 heteroatoms. The van der Waals surface area contributed by atoms with Crippen molar-refractivity contribution in [2.24, 2.45) is 5.73 Å². The van der Waals surface area contributed by atoms with Gasteiger partial charge in [-0.3, -0.25) is 9.59 Å². The van der Waals surface area contributed by atoms with E-state index in [0.29, 0.717) is 36.2 Å². The van der Waals surface area contributed by atoms with E-state index in [4.69, 9.17) is 10.5 Å². The standard InChI is InChI=1S/C28H36N4O4/c1-6-8-23(25-22-14-9-19(27(35)36-7-2)17-24(22)31-26(25)34)30-20-10-12-21(13-11-20)32(18(3)33)16-15-28(4,5)29/h9-14,17,30H,6-8,15-16,29H2,1-5H3,(H,31,34). The van der Waals surface area contributed by atoms with E-state index in [2.05, 4.69) is 10.6 Å². The maximum atomic E-state index is 12.9. The minimum absolute atomic E-state index is 0.0461. The molecule has 0 aromatic heterocycles. The SMILES string of the molecule is CCCC(Nc1ccc(N(CCC(C)(C)N)C(C)=O)cc1)=C1C(=O)Nc2cc(C(=O)OCC)ccc21. The van der Waals surface area contributed by atoms with Crippen molar-refractivity contribution >= 4 is 40.4 Å². The lowest BCUT2D eigenvalue weighted by Crippen LogP contribution is -2.39. The van der Waals surface area contributed by atoms with Gasteiger partial charge in [0.05, 0.1) is 23.4 Å². The van der Waals surface area contributed by atoms with E-state index in [1.54, 1.807) is 36.9 Å². The summed E-state index contributed by atoms with van der Waals surface area (Å²) in [5.74, 6) is -0.686. The van der Waals surface area contributed by atoms with Gasteiger partial charge < -0.3 is 26.0 Å². The molecule has 0 atom stereocenters. The summed E-state index contributed by atoms with van der Waals surface area (Å²) in [4.78, 5) is 39.0. The van der Waals surface area contributed by atoms with Crippen molar-refractivity contribution in [2.75, 3.05) is 28.7 Å². The molecule has 2 aromatic carbocycles. The molecule has 1 aliphatic heterocycles. The third-order valence-electron chi connectivity index (χ3n) is 5.91. The van der Waals surface area contributed by atoms with Gasteiger partial charge in [0.1, 0.15) is 0 Å². The number of nitrogens with two attached hydrogens (primary N) is 1. The number of ether oxygens (including phenoxy) is 1. The summed E-state index contributed by atoms with van der Waals surface area (Å²) in [7, 11) is 0. The second-order valence-corrected chi connectivity index (χ2v) is 9.62. The van der Waals surface area contributed by atoms with Crippen LogP contribution in [0.25, 0.3) is 5.57 Å². The van der Waals surface area contributed by atoms with Crippen molar-refractivity contribution in [3.63, 3.8) is 0 Å². The van der Waals surface area contributed by atoms with Crippen LogP contribution in [0.3, 0.4) is 0 Å². The fourth-order valence-corrected chi connectivity index (χ4v) is 4.08. The molecule has 0 radical (unpaired) electrons. The van der Waals surface area contributed by atoms with Gasteiger partial charge in [0.2, 0.25) is 5.91 Å². The highest BCUT2D eigenvalue weighted by atomic mass is 16.5. The first-order valence-corrected chi connectivity index (χ1v) is 12.3. The first-order valence-electron chi connectivity index (χ1n) is 12.3. The van der Waals surface area contributed by atoms with Crippen LogP contribution in [0, 0.1) is 0 Å². The van der Waals surface area contributed by atoms with Gasteiger partial charge >= 0.3 is 5.97 Å². The van der Waals surface area contributed by atoms with Crippen molar-refractivity contribution in [3.05, 3.63) is 59.3 Å². The summed E-state index contributed by atoms with van der Waals surface area (Å²) in [6.45, 7) is 10.0. The molecule has 0 aliphatic carbocycles. The Hall–Kier alpha value is -3.65. The van der Waals surface area contributed by atoms with E-state index in [0.717, 1.165) is 29.1 Å². The Labute approximate surface area is 212 Å². The molecule has 0 saturated carbocycles. The maximum absolute atomic E-state index is 12.9. The Balaban J connectivity index is 1.87. The number of amides is 2. The normalized spacial score (nSPS) is 14.1. The van der Waals surface area contributed by atoms with Gasteiger partial charge in [0.15, 0.2) is 0 Å². The number of esters is 1. The van der Waals surface area contributed by atoms with Crippen molar-refractivity contribution in [2.45, 2.75) is 59.4 Å². The average molecular weight is 493 g/mol. The van der Waals surface area contributed by atoms with E-state index in [1.165, 1.54) is 0 Å². The minimum Gasteiger partial charge on any atom is -0.462 e. The van der Waals surface area contributed by atoms with Crippen molar-refractivity contribution < 1.29 is 19.1 Å². The highest BCUT2D eigenvalue weighted by molar-refractivity contribution is 6.32. The Morgan fingerprint density at radius 2 is 1.81 bits per heavy atom. The molecule has 0 bridgehead atoms. The van der Waals surface area contributed by atoms with E-state index in [9.17, 15) is 14.4 Å². The monoisotopic (exact) mass is 492 g/mol. The molecule has 2 amide bonds. The molecule has 2 aromatic rings. The second-order valence-electron chi connectivity index (χ2n) is 9.62. The van der Waals surface area contributed by atoms with E-state index >= 15 is 0 Å². The number of carbonyl (C=O) groups is 3. The zero-order chi connectivity index (χ0) is 26.5. The molecule has 4 N–H and O–H groups in total. The smallest absolute Gasteiger partial charge is 0.338 e. The number of rotatable bonds is 10. The van der Waals surface area contributed by atoms with Crippen LogP contribution in [0.15, 0.2) is 48.2 Å². The van der Waals surface area contributed by atoms with Crippen LogP contribution in [-0.4, -0.2) is 36.5 Å².